The molecule has 0 aromatic heterocycles. The lowest BCUT2D eigenvalue weighted by Gasteiger charge is -2.14. The molecule has 15 heavy (non-hydrogen) atoms. The number of benzene rings is 1. The minimum Gasteiger partial charge on any atom is -0.330 e. The summed E-state index contributed by atoms with van der Waals surface area (Å²) in [6.45, 7) is 0.512. The SMILES string of the molecule is NC[C@H](Cc1c(F)cccc1F)C1CC1. The summed E-state index contributed by atoms with van der Waals surface area (Å²) in [7, 11) is 0. The van der Waals surface area contributed by atoms with Crippen LogP contribution >= 0.6 is 0 Å². The summed E-state index contributed by atoms with van der Waals surface area (Å²) in [6.07, 6.45) is 2.73. The van der Waals surface area contributed by atoms with Crippen molar-refractivity contribution in [3.63, 3.8) is 0 Å². The van der Waals surface area contributed by atoms with E-state index in [0.717, 1.165) is 12.8 Å². The Morgan fingerprint density at radius 3 is 2.33 bits per heavy atom. The van der Waals surface area contributed by atoms with E-state index in [2.05, 4.69) is 0 Å². The van der Waals surface area contributed by atoms with Gasteiger partial charge >= 0.3 is 0 Å². The number of nitrogens with two attached hydrogens (primary N) is 1. The van der Waals surface area contributed by atoms with Crippen LogP contribution in [0, 0.1) is 23.5 Å². The van der Waals surface area contributed by atoms with Gasteiger partial charge in [0.1, 0.15) is 11.6 Å². The van der Waals surface area contributed by atoms with Gasteiger partial charge in [0.15, 0.2) is 0 Å². The predicted molar refractivity (Wildman–Crippen MR) is 55.3 cm³/mol. The molecule has 1 fully saturated rings. The van der Waals surface area contributed by atoms with Crippen LogP contribution in [0.1, 0.15) is 18.4 Å². The largest absolute Gasteiger partial charge is 0.330 e. The Morgan fingerprint density at radius 2 is 1.87 bits per heavy atom. The molecule has 2 N–H and O–H groups in total. The van der Waals surface area contributed by atoms with Crippen molar-refractivity contribution in [1.29, 1.82) is 0 Å². The summed E-state index contributed by atoms with van der Waals surface area (Å²) in [5, 5.41) is 0. The molecule has 0 heterocycles. The molecule has 1 aliphatic carbocycles. The monoisotopic (exact) mass is 211 g/mol. The molecule has 0 bridgehead atoms. The van der Waals surface area contributed by atoms with Crippen molar-refractivity contribution in [1.82, 2.24) is 0 Å². The average molecular weight is 211 g/mol. The standard InChI is InChI=1S/C12H15F2N/c13-11-2-1-3-12(14)10(11)6-9(7-15)8-4-5-8/h1-3,8-9H,4-7,15H2/t9-/m0/s1. The Labute approximate surface area is 88.3 Å². The lowest BCUT2D eigenvalue weighted by molar-refractivity contribution is 0.444. The highest BCUT2D eigenvalue weighted by molar-refractivity contribution is 5.20. The van der Waals surface area contributed by atoms with Gasteiger partial charge in [-0.15, -0.1) is 0 Å². The molecule has 0 saturated heterocycles. The van der Waals surface area contributed by atoms with Gasteiger partial charge < -0.3 is 5.73 Å². The van der Waals surface area contributed by atoms with Crippen molar-refractivity contribution >= 4 is 0 Å². The second-order valence-corrected chi connectivity index (χ2v) is 4.24. The van der Waals surface area contributed by atoms with Crippen LogP contribution in [-0.4, -0.2) is 6.54 Å². The molecule has 1 aromatic rings. The Hall–Kier alpha value is -0.960. The Kier molecular flexibility index (Phi) is 3.00. The molecular formula is C12H15F2N. The van der Waals surface area contributed by atoms with Gasteiger partial charge in [-0.05, 0) is 49.8 Å². The molecule has 1 aliphatic rings. The summed E-state index contributed by atoms with van der Waals surface area (Å²) in [5.74, 6) is -0.0893. The molecule has 0 radical (unpaired) electrons. The summed E-state index contributed by atoms with van der Waals surface area (Å²) in [4.78, 5) is 0. The smallest absolute Gasteiger partial charge is 0.129 e. The number of hydrogen-bond acceptors (Lipinski definition) is 1. The van der Waals surface area contributed by atoms with E-state index in [4.69, 9.17) is 5.73 Å². The number of hydrogen-bond donors (Lipinski definition) is 1. The molecule has 1 nitrogen and oxygen atoms in total. The van der Waals surface area contributed by atoms with E-state index in [1.807, 2.05) is 0 Å². The highest BCUT2D eigenvalue weighted by atomic mass is 19.1. The molecule has 1 atom stereocenters. The molecule has 0 aliphatic heterocycles. The third kappa shape index (κ3) is 2.34. The fraction of sp³-hybridized carbons (Fsp3) is 0.500. The van der Waals surface area contributed by atoms with Crippen molar-refractivity contribution in [3.8, 4) is 0 Å². The van der Waals surface area contributed by atoms with E-state index in [-0.39, 0.29) is 11.5 Å². The molecule has 82 valence electrons. The third-order valence-electron chi connectivity index (χ3n) is 3.12. The van der Waals surface area contributed by atoms with Crippen LogP contribution in [0.5, 0.6) is 0 Å². The van der Waals surface area contributed by atoms with Crippen LogP contribution in [-0.2, 0) is 6.42 Å². The fourth-order valence-electron chi connectivity index (χ4n) is 2.00. The molecule has 0 unspecified atom stereocenters. The van der Waals surface area contributed by atoms with Gasteiger partial charge in [-0.25, -0.2) is 8.78 Å². The molecular weight excluding hydrogens is 196 g/mol. The number of rotatable bonds is 4. The highest BCUT2D eigenvalue weighted by Crippen LogP contribution is 2.38. The van der Waals surface area contributed by atoms with Gasteiger partial charge in [-0.1, -0.05) is 6.07 Å². The van der Waals surface area contributed by atoms with Gasteiger partial charge in [0.2, 0.25) is 0 Å². The zero-order chi connectivity index (χ0) is 10.8. The second kappa shape index (κ2) is 4.27. The van der Waals surface area contributed by atoms with E-state index in [1.54, 1.807) is 0 Å². The van der Waals surface area contributed by atoms with Crippen LogP contribution in [0.4, 0.5) is 8.78 Å². The van der Waals surface area contributed by atoms with E-state index >= 15 is 0 Å². The quantitative estimate of drug-likeness (QED) is 0.813. The zero-order valence-corrected chi connectivity index (χ0v) is 8.55. The normalized spacial score (nSPS) is 17.8. The van der Waals surface area contributed by atoms with Crippen LogP contribution < -0.4 is 5.73 Å². The first-order valence-electron chi connectivity index (χ1n) is 5.35. The predicted octanol–water partition coefficient (Wildman–Crippen LogP) is 2.49. The molecule has 1 aromatic carbocycles. The zero-order valence-electron chi connectivity index (χ0n) is 8.55. The first-order valence-corrected chi connectivity index (χ1v) is 5.35. The Balaban J connectivity index is 2.14. The molecule has 3 heteroatoms. The van der Waals surface area contributed by atoms with Gasteiger partial charge in [0.05, 0.1) is 0 Å². The van der Waals surface area contributed by atoms with Crippen LogP contribution in [0.15, 0.2) is 18.2 Å². The summed E-state index contributed by atoms with van der Waals surface area (Å²) >= 11 is 0. The van der Waals surface area contributed by atoms with E-state index < -0.39 is 11.6 Å². The topological polar surface area (TPSA) is 26.0 Å². The minimum absolute atomic E-state index is 0.194. The summed E-state index contributed by atoms with van der Waals surface area (Å²) < 4.78 is 26.7. The molecule has 0 amide bonds. The van der Waals surface area contributed by atoms with Crippen LogP contribution in [0.25, 0.3) is 0 Å². The molecule has 2 rings (SSSR count). The van der Waals surface area contributed by atoms with Crippen molar-refractivity contribution in [2.75, 3.05) is 6.54 Å². The molecule has 0 spiro atoms. The maximum Gasteiger partial charge on any atom is 0.129 e. The third-order valence-corrected chi connectivity index (χ3v) is 3.12. The summed E-state index contributed by atoms with van der Waals surface area (Å²) in [6, 6.07) is 4.00. The maximum atomic E-state index is 13.4. The van der Waals surface area contributed by atoms with Crippen LogP contribution in [0.3, 0.4) is 0 Å². The fourth-order valence-corrected chi connectivity index (χ4v) is 2.00. The van der Waals surface area contributed by atoms with E-state index in [9.17, 15) is 8.78 Å². The van der Waals surface area contributed by atoms with Crippen LogP contribution in [0.2, 0.25) is 0 Å². The average Bonchev–Trinajstić information content (AvgIpc) is 3.01. The first kappa shape index (κ1) is 10.6. The maximum absolute atomic E-state index is 13.4. The lowest BCUT2D eigenvalue weighted by Crippen LogP contribution is -2.20. The number of halogens is 2. The minimum atomic E-state index is -0.450. The second-order valence-electron chi connectivity index (χ2n) is 4.24. The van der Waals surface area contributed by atoms with E-state index in [1.165, 1.54) is 18.2 Å². The van der Waals surface area contributed by atoms with Gasteiger partial charge in [-0.3, -0.25) is 0 Å². The molecule has 1 saturated carbocycles. The van der Waals surface area contributed by atoms with Gasteiger partial charge in [0.25, 0.3) is 0 Å². The first-order chi connectivity index (χ1) is 7.22. The lowest BCUT2D eigenvalue weighted by atomic mass is 9.94. The van der Waals surface area contributed by atoms with Crippen molar-refractivity contribution < 1.29 is 8.78 Å². The Bertz CT molecular complexity index is 327. The van der Waals surface area contributed by atoms with Gasteiger partial charge in [-0.2, -0.15) is 0 Å². The summed E-state index contributed by atoms with van der Waals surface area (Å²) in [5.41, 5.74) is 5.81. The Morgan fingerprint density at radius 1 is 1.27 bits per heavy atom. The van der Waals surface area contributed by atoms with Crippen molar-refractivity contribution in [2.45, 2.75) is 19.3 Å². The highest BCUT2D eigenvalue weighted by Gasteiger charge is 2.31. The van der Waals surface area contributed by atoms with Gasteiger partial charge in [0, 0.05) is 5.56 Å². The van der Waals surface area contributed by atoms with Crippen molar-refractivity contribution in [3.05, 3.63) is 35.4 Å². The van der Waals surface area contributed by atoms with E-state index in [0.29, 0.717) is 18.9 Å². The van der Waals surface area contributed by atoms with Crippen molar-refractivity contribution in [2.24, 2.45) is 17.6 Å².